The van der Waals surface area contributed by atoms with Crippen LogP contribution in [0.4, 0.5) is 0 Å². The zero-order chi connectivity index (χ0) is 18.0. The summed E-state index contributed by atoms with van der Waals surface area (Å²) in [4.78, 5) is 11.0. The topological polar surface area (TPSA) is 26.3 Å². The van der Waals surface area contributed by atoms with Crippen LogP contribution in [0.5, 0.6) is 0 Å². The molecule has 0 bridgehead atoms. The molecule has 0 saturated carbocycles. The minimum absolute atomic E-state index is 0.0986. The minimum atomic E-state index is -0.0986. The molecule has 0 aromatic rings. The summed E-state index contributed by atoms with van der Waals surface area (Å²) >= 11 is 12.8. The molecular formula is C20H38Cl2O2. The van der Waals surface area contributed by atoms with Crippen molar-refractivity contribution < 1.29 is 9.53 Å². The second-order valence-electron chi connectivity index (χ2n) is 6.82. The molecule has 0 aliphatic carbocycles. The van der Waals surface area contributed by atoms with Crippen molar-refractivity contribution in [1.82, 2.24) is 0 Å². The number of halogens is 2. The quantitative estimate of drug-likeness (QED) is 0.151. The number of unbranched alkanes of at least 4 members (excludes halogenated alkanes) is 10. The van der Waals surface area contributed by atoms with Crippen LogP contribution in [0, 0.1) is 0 Å². The Kier molecular flexibility index (Phi) is 17.9. The predicted molar refractivity (Wildman–Crippen MR) is 106 cm³/mol. The first-order valence-electron chi connectivity index (χ1n) is 9.96. The average Bonchev–Trinajstić information content (AvgIpc) is 2.59. The minimum Gasteiger partial charge on any atom is -0.469 e. The molecule has 2 atom stereocenters. The van der Waals surface area contributed by atoms with Crippen LogP contribution in [-0.2, 0) is 9.53 Å². The second-order valence-corrected chi connectivity index (χ2v) is 7.95. The van der Waals surface area contributed by atoms with E-state index in [0.29, 0.717) is 6.42 Å². The Morgan fingerprint density at radius 3 is 1.62 bits per heavy atom. The lowest BCUT2D eigenvalue weighted by molar-refractivity contribution is -0.140. The number of carbonyl (C=O) groups excluding carboxylic acids is 1. The number of hydrogen-bond donors (Lipinski definition) is 0. The van der Waals surface area contributed by atoms with Crippen LogP contribution < -0.4 is 0 Å². The van der Waals surface area contributed by atoms with Crippen molar-refractivity contribution >= 4 is 29.2 Å². The lowest BCUT2D eigenvalue weighted by Gasteiger charge is -2.16. The summed E-state index contributed by atoms with van der Waals surface area (Å²) in [7, 11) is 1.45. The van der Waals surface area contributed by atoms with E-state index in [0.717, 1.165) is 32.1 Å². The van der Waals surface area contributed by atoms with Crippen LogP contribution in [-0.4, -0.2) is 23.8 Å². The van der Waals surface area contributed by atoms with E-state index in [1.807, 2.05) is 0 Å². The molecule has 4 heteroatoms. The highest BCUT2D eigenvalue weighted by atomic mass is 35.5. The lowest BCUT2D eigenvalue weighted by atomic mass is 10.0. The summed E-state index contributed by atoms with van der Waals surface area (Å²) in [6.45, 7) is 2.25. The van der Waals surface area contributed by atoms with Gasteiger partial charge in [-0.1, -0.05) is 77.6 Å². The zero-order valence-corrected chi connectivity index (χ0v) is 17.3. The molecule has 0 rings (SSSR count). The van der Waals surface area contributed by atoms with Gasteiger partial charge in [0.2, 0.25) is 0 Å². The van der Waals surface area contributed by atoms with Gasteiger partial charge in [-0.3, -0.25) is 4.79 Å². The predicted octanol–water partition coefficient (Wildman–Crippen LogP) is 7.25. The van der Waals surface area contributed by atoms with Gasteiger partial charge in [-0.2, -0.15) is 0 Å². The molecule has 0 amide bonds. The Labute approximate surface area is 160 Å². The molecule has 0 N–H and O–H groups in total. The number of alkyl halides is 2. The third-order valence-electron chi connectivity index (χ3n) is 4.56. The normalized spacial score (nSPS) is 13.7. The monoisotopic (exact) mass is 380 g/mol. The Hall–Kier alpha value is 0.0500. The van der Waals surface area contributed by atoms with Crippen LogP contribution in [0.1, 0.15) is 103 Å². The van der Waals surface area contributed by atoms with Gasteiger partial charge in [-0.05, 0) is 19.3 Å². The molecule has 0 aromatic carbocycles. The number of methoxy groups -OCH3 is 1. The highest BCUT2D eigenvalue weighted by molar-refractivity contribution is 6.29. The van der Waals surface area contributed by atoms with Crippen molar-refractivity contribution in [2.24, 2.45) is 0 Å². The molecule has 0 fully saturated rings. The van der Waals surface area contributed by atoms with E-state index in [4.69, 9.17) is 23.2 Å². The number of rotatable bonds is 17. The van der Waals surface area contributed by atoms with Gasteiger partial charge in [0.05, 0.1) is 7.11 Å². The van der Waals surface area contributed by atoms with Crippen molar-refractivity contribution in [1.29, 1.82) is 0 Å². The Morgan fingerprint density at radius 2 is 1.17 bits per heavy atom. The summed E-state index contributed by atoms with van der Waals surface area (Å²) in [5, 5.41) is 0.236. The van der Waals surface area contributed by atoms with Crippen LogP contribution >= 0.6 is 23.2 Å². The maximum absolute atomic E-state index is 11.0. The van der Waals surface area contributed by atoms with E-state index in [-0.39, 0.29) is 16.7 Å². The average molecular weight is 381 g/mol. The molecule has 24 heavy (non-hydrogen) atoms. The molecule has 0 aliphatic rings. The molecular weight excluding hydrogens is 343 g/mol. The lowest BCUT2D eigenvalue weighted by Crippen LogP contribution is -2.14. The van der Waals surface area contributed by atoms with Crippen molar-refractivity contribution in [2.45, 2.75) is 114 Å². The summed E-state index contributed by atoms with van der Waals surface area (Å²) in [5.74, 6) is -0.0986. The van der Waals surface area contributed by atoms with Crippen LogP contribution in [0.25, 0.3) is 0 Å². The molecule has 0 aromatic heterocycles. The molecule has 0 spiro atoms. The van der Waals surface area contributed by atoms with Gasteiger partial charge in [0, 0.05) is 17.2 Å². The van der Waals surface area contributed by atoms with Crippen LogP contribution in [0.3, 0.4) is 0 Å². The SMILES string of the molecule is CCCCCCCC[C@H](Cl)[C@@H](Cl)CCCCCCCCC(=O)OC. The fraction of sp³-hybridized carbons (Fsp3) is 0.950. The van der Waals surface area contributed by atoms with Gasteiger partial charge >= 0.3 is 5.97 Å². The number of carbonyl (C=O) groups is 1. The molecule has 0 heterocycles. The number of esters is 1. The first kappa shape index (κ1) is 24.1. The Bertz CT molecular complexity index is 285. The summed E-state index contributed by atoms with van der Waals surface area (Å²) < 4.78 is 4.63. The molecule has 0 aliphatic heterocycles. The molecule has 144 valence electrons. The highest BCUT2D eigenvalue weighted by Crippen LogP contribution is 2.23. The van der Waals surface area contributed by atoms with E-state index in [2.05, 4.69) is 11.7 Å². The molecule has 0 saturated heterocycles. The zero-order valence-electron chi connectivity index (χ0n) is 15.8. The molecule has 2 nitrogen and oxygen atoms in total. The van der Waals surface area contributed by atoms with Crippen LogP contribution in [0.15, 0.2) is 0 Å². The Balaban J connectivity index is 3.38. The van der Waals surface area contributed by atoms with E-state index in [1.54, 1.807) is 0 Å². The van der Waals surface area contributed by atoms with Gasteiger partial charge < -0.3 is 4.74 Å². The van der Waals surface area contributed by atoms with Crippen LogP contribution in [0.2, 0.25) is 0 Å². The molecule has 0 unspecified atom stereocenters. The third kappa shape index (κ3) is 15.6. The van der Waals surface area contributed by atoms with Crippen molar-refractivity contribution in [3.8, 4) is 0 Å². The highest BCUT2D eigenvalue weighted by Gasteiger charge is 2.15. The van der Waals surface area contributed by atoms with Gasteiger partial charge in [0.15, 0.2) is 0 Å². The fourth-order valence-corrected chi connectivity index (χ4v) is 3.46. The van der Waals surface area contributed by atoms with Crippen molar-refractivity contribution in [3.05, 3.63) is 0 Å². The summed E-state index contributed by atoms with van der Waals surface area (Å²) in [6.07, 6.45) is 17.3. The van der Waals surface area contributed by atoms with Crippen molar-refractivity contribution in [3.63, 3.8) is 0 Å². The maximum atomic E-state index is 11.0. The van der Waals surface area contributed by atoms with E-state index in [1.165, 1.54) is 64.9 Å². The maximum Gasteiger partial charge on any atom is 0.305 e. The number of hydrogen-bond acceptors (Lipinski definition) is 2. The first-order chi connectivity index (χ1) is 11.6. The third-order valence-corrected chi connectivity index (χ3v) is 5.74. The van der Waals surface area contributed by atoms with Gasteiger partial charge in [-0.25, -0.2) is 0 Å². The number of ether oxygens (including phenoxy) is 1. The fourth-order valence-electron chi connectivity index (χ4n) is 2.90. The summed E-state index contributed by atoms with van der Waals surface area (Å²) in [5.41, 5.74) is 0. The largest absolute Gasteiger partial charge is 0.469 e. The van der Waals surface area contributed by atoms with E-state index >= 15 is 0 Å². The second kappa shape index (κ2) is 17.9. The summed E-state index contributed by atoms with van der Waals surface area (Å²) in [6, 6.07) is 0. The standard InChI is InChI=1S/C20H38Cl2O2/c1-3-4-5-6-9-12-15-18(21)19(22)16-13-10-7-8-11-14-17-20(23)24-2/h18-19H,3-17H2,1-2H3/t18-,19-/m0/s1. The van der Waals surface area contributed by atoms with Gasteiger partial charge in [0.1, 0.15) is 0 Å². The first-order valence-corrected chi connectivity index (χ1v) is 10.8. The van der Waals surface area contributed by atoms with E-state index in [9.17, 15) is 4.79 Å². The van der Waals surface area contributed by atoms with Gasteiger partial charge in [-0.15, -0.1) is 23.2 Å². The smallest absolute Gasteiger partial charge is 0.305 e. The molecule has 0 radical (unpaired) electrons. The Morgan fingerprint density at radius 1 is 0.750 bits per heavy atom. The van der Waals surface area contributed by atoms with E-state index < -0.39 is 0 Å². The van der Waals surface area contributed by atoms with Gasteiger partial charge in [0.25, 0.3) is 0 Å². The van der Waals surface area contributed by atoms with Crippen molar-refractivity contribution in [2.75, 3.05) is 7.11 Å².